The summed E-state index contributed by atoms with van der Waals surface area (Å²) in [5, 5.41) is 7.43. The normalized spacial score (nSPS) is 11.7. The molecular formula is C13H19ClN6O3S. The van der Waals surface area contributed by atoms with Crippen LogP contribution in [0.25, 0.3) is 0 Å². The first kappa shape index (κ1) is 18.4. The summed E-state index contributed by atoms with van der Waals surface area (Å²) in [6.45, 7) is 8.36. The maximum atomic E-state index is 12.7. The Labute approximate surface area is 145 Å². The summed E-state index contributed by atoms with van der Waals surface area (Å²) in [6.07, 6.45) is 1.08. The molecule has 24 heavy (non-hydrogen) atoms. The van der Waals surface area contributed by atoms with Gasteiger partial charge in [0.25, 0.3) is 5.16 Å². The first-order chi connectivity index (χ1) is 11.3. The molecule has 0 aliphatic heterocycles. The second kappa shape index (κ2) is 6.89. The predicted molar refractivity (Wildman–Crippen MR) is 86.8 cm³/mol. The van der Waals surface area contributed by atoms with Crippen molar-refractivity contribution in [1.29, 1.82) is 0 Å². The Bertz CT molecular complexity index is 853. The van der Waals surface area contributed by atoms with Crippen LogP contribution >= 0.6 is 11.6 Å². The summed E-state index contributed by atoms with van der Waals surface area (Å²) >= 11 is 6.11. The Hall–Kier alpha value is -1.94. The van der Waals surface area contributed by atoms with Crippen LogP contribution in [0.5, 0.6) is 0 Å². The number of rotatable bonds is 5. The van der Waals surface area contributed by atoms with Crippen molar-refractivity contribution in [2.24, 2.45) is 0 Å². The van der Waals surface area contributed by atoms with Crippen LogP contribution < -0.4 is 0 Å². The molecule has 0 N–H and O–H groups in total. The van der Waals surface area contributed by atoms with E-state index in [1.54, 1.807) is 13.8 Å². The van der Waals surface area contributed by atoms with E-state index in [0.717, 1.165) is 11.0 Å². The van der Waals surface area contributed by atoms with Crippen molar-refractivity contribution in [2.45, 2.75) is 44.3 Å². The number of carbonyl (C=O) groups excluding carboxylic acids is 1. The first-order valence-corrected chi connectivity index (χ1v) is 9.32. The average molecular weight is 375 g/mol. The fraction of sp³-hybridized carbons (Fsp3) is 0.538. The van der Waals surface area contributed by atoms with Crippen LogP contribution in [-0.4, -0.2) is 57.0 Å². The van der Waals surface area contributed by atoms with Gasteiger partial charge in [0.05, 0.1) is 5.69 Å². The maximum Gasteiger partial charge on any atom is 0.346 e. The van der Waals surface area contributed by atoms with Crippen LogP contribution in [0.15, 0.2) is 16.4 Å². The number of hydrogen-bond acceptors (Lipinski definition) is 6. The lowest BCUT2D eigenvalue weighted by atomic mass is 10.5. The second-order valence-electron chi connectivity index (χ2n) is 4.95. The molecule has 2 rings (SSSR count). The van der Waals surface area contributed by atoms with Gasteiger partial charge in [0, 0.05) is 19.6 Å². The molecule has 0 saturated carbocycles. The van der Waals surface area contributed by atoms with E-state index in [-0.39, 0.29) is 15.7 Å². The van der Waals surface area contributed by atoms with Gasteiger partial charge >= 0.3 is 6.03 Å². The van der Waals surface area contributed by atoms with Crippen LogP contribution in [0.2, 0.25) is 5.15 Å². The highest BCUT2D eigenvalue weighted by Crippen LogP contribution is 2.28. The van der Waals surface area contributed by atoms with Crippen molar-refractivity contribution in [3.05, 3.63) is 17.2 Å². The number of aryl methyl sites for hydroxylation is 2. The lowest BCUT2D eigenvalue weighted by Gasteiger charge is -2.17. The summed E-state index contributed by atoms with van der Waals surface area (Å²) in [7, 11) is -4.07. The van der Waals surface area contributed by atoms with Gasteiger partial charge in [-0.15, -0.1) is 5.10 Å². The zero-order valence-electron chi connectivity index (χ0n) is 13.9. The molecule has 0 bridgehead atoms. The summed E-state index contributed by atoms with van der Waals surface area (Å²) in [6, 6.07) is -0.443. The number of nitrogens with zero attached hydrogens (tertiary/aromatic N) is 6. The Kier molecular flexibility index (Phi) is 5.29. The van der Waals surface area contributed by atoms with E-state index in [1.807, 2.05) is 13.8 Å². The molecule has 0 saturated heterocycles. The van der Waals surface area contributed by atoms with Crippen LogP contribution in [0, 0.1) is 6.92 Å². The zero-order chi connectivity index (χ0) is 18.1. The minimum absolute atomic E-state index is 0.00131. The lowest BCUT2D eigenvalue weighted by Crippen LogP contribution is -2.34. The van der Waals surface area contributed by atoms with Gasteiger partial charge < -0.3 is 4.90 Å². The monoisotopic (exact) mass is 374 g/mol. The van der Waals surface area contributed by atoms with Gasteiger partial charge in [-0.1, -0.05) is 11.6 Å². The fourth-order valence-corrected chi connectivity index (χ4v) is 4.16. The van der Waals surface area contributed by atoms with Crippen LogP contribution in [-0.2, 0) is 16.4 Å². The van der Waals surface area contributed by atoms with Gasteiger partial charge in [0.15, 0.2) is 0 Å². The molecule has 11 heteroatoms. The SMILES string of the molecule is CCN(CC)C(=O)n1cnc(S(=O)(=O)c2c(C)nn(CC)c2Cl)n1. The maximum absolute atomic E-state index is 12.7. The molecule has 0 atom stereocenters. The topological polar surface area (TPSA) is 103 Å². The standard InChI is InChI=1S/C13H19ClN6O3S/c1-5-18(6-2)13(21)20-8-15-12(17-20)24(22,23)10-9(4)16-19(7-3)11(10)14/h8H,5-7H2,1-4H3. The van der Waals surface area contributed by atoms with Crippen molar-refractivity contribution in [2.75, 3.05) is 13.1 Å². The zero-order valence-corrected chi connectivity index (χ0v) is 15.5. The molecule has 2 aromatic rings. The van der Waals surface area contributed by atoms with Crippen molar-refractivity contribution in [3.63, 3.8) is 0 Å². The third-order valence-electron chi connectivity index (χ3n) is 3.52. The summed E-state index contributed by atoms with van der Waals surface area (Å²) in [5.41, 5.74) is 0.258. The minimum atomic E-state index is -4.07. The smallest absolute Gasteiger partial charge is 0.323 e. The minimum Gasteiger partial charge on any atom is -0.323 e. The third-order valence-corrected chi connectivity index (χ3v) is 5.71. The number of amides is 1. The highest BCUT2D eigenvalue weighted by Gasteiger charge is 2.31. The van der Waals surface area contributed by atoms with E-state index < -0.39 is 21.0 Å². The fourth-order valence-electron chi connectivity index (χ4n) is 2.25. The molecule has 1 amide bonds. The average Bonchev–Trinajstić information content (AvgIpc) is 3.13. The molecule has 0 spiro atoms. The van der Waals surface area contributed by atoms with Gasteiger partial charge in [0.1, 0.15) is 16.4 Å². The number of sulfone groups is 1. The molecule has 132 valence electrons. The van der Waals surface area contributed by atoms with Crippen LogP contribution in [0.3, 0.4) is 0 Å². The predicted octanol–water partition coefficient (Wildman–Crippen LogP) is 1.60. The van der Waals surface area contributed by atoms with Gasteiger partial charge in [-0.25, -0.2) is 18.2 Å². The van der Waals surface area contributed by atoms with Gasteiger partial charge in [-0.2, -0.15) is 9.78 Å². The largest absolute Gasteiger partial charge is 0.346 e. The van der Waals surface area contributed by atoms with Gasteiger partial charge in [-0.05, 0) is 27.7 Å². The number of carbonyl (C=O) groups is 1. The highest BCUT2D eigenvalue weighted by atomic mass is 35.5. The van der Waals surface area contributed by atoms with Crippen molar-refractivity contribution in [3.8, 4) is 0 Å². The number of hydrogen-bond donors (Lipinski definition) is 0. The number of halogens is 1. The van der Waals surface area contributed by atoms with Crippen LogP contribution in [0.4, 0.5) is 4.79 Å². The first-order valence-electron chi connectivity index (χ1n) is 7.46. The summed E-state index contributed by atoms with van der Waals surface area (Å²) in [4.78, 5) is 17.4. The van der Waals surface area contributed by atoms with Crippen molar-refractivity contribution in [1.82, 2.24) is 29.4 Å². The van der Waals surface area contributed by atoms with E-state index >= 15 is 0 Å². The number of aromatic nitrogens is 5. The van der Waals surface area contributed by atoms with E-state index in [4.69, 9.17) is 11.6 Å². The Balaban J connectivity index is 2.46. The van der Waals surface area contributed by atoms with Gasteiger partial charge in [0.2, 0.25) is 9.84 Å². The van der Waals surface area contributed by atoms with E-state index in [9.17, 15) is 13.2 Å². The van der Waals surface area contributed by atoms with Gasteiger partial charge in [-0.3, -0.25) is 4.68 Å². The Morgan fingerprint density at radius 1 is 1.25 bits per heavy atom. The second-order valence-corrected chi connectivity index (χ2v) is 7.09. The molecule has 0 aliphatic rings. The highest BCUT2D eigenvalue weighted by molar-refractivity contribution is 7.91. The Morgan fingerprint density at radius 3 is 2.38 bits per heavy atom. The Morgan fingerprint density at radius 2 is 1.88 bits per heavy atom. The summed E-state index contributed by atoms with van der Waals surface area (Å²) < 4.78 is 27.8. The van der Waals surface area contributed by atoms with E-state index in [2.05, 4.69) is 15.2 Å². The van der Waals surface area contributed by atoms with Crippen molar-refractivity contribution >= 4 is 27.5 Å². The molecular weight excluding hydrogens is 356 g/mol. The van der Waals surface area contributed by atoms with Crippen LogP contribution in [0.1, 0.15) is 26.5 Å². The molecule has 0 unspecified atom stereocenters. The molecule has 2 heterocycles. The molecule has 0 aromatic carbocycles. The summed E-state index contributed by atoms with van der Waals surface area (Å²) in [5.74, 6) is 0. The molecule has 2 aromatic heterocycles. The quantitative estimate of drug-likeness (QED) is 0.787. The lowest BCUT2D eigenvalue weighted by molar-refractivity contribution is 0.201. The third kappa shape index (κ3) is 3.03. The van der Waals surface area contributed by atoms with E-state index in [0.29, 0.717) is 19.6 Å². The molecule has 0 fully saturated rings. The molecule has 9 nitrogen and oxygen atoms in total. The van der Waals surface area contributed by atoms with E-state index in [1.165, 1.54) is 9.58 Å². The van der Waals surface area contributed by atoms with Crippen molar-refractivity contribution < 1.29 is 13.2 Å². The molecule has 0 aliphatic carbocycles. The molecule has 0 radical (unpaired) electrons.